The number of rotatable bonds is 0. The molecule has 11 heavy (non-hydrogen) atoms. The lowest BCUT2D eigenvalue weighted by Gasteiger charge is -1.89. The summed E-state index contributed by atoms with van der Waals surface area (Å²) in [4.78, 5) is 8.09. The van der Waals surface area contributed by atoms with Gasteiger partial charge in [0, 0.05) is 33.1 Å². The molecule has 0 atom stereocenters. The van der Waals surface area contributed by atoms with Crippen molar-refractivity contribution in [3.63, 3.8) is 0 Å². The number of aryl methyl sites for hydroxylation is 1. The third-order valence-electron chi connectivity index (χ3n) is 0.996. The van der Waals surface area contributed by atoms with Crippen molar-refractivity contribution >= 4 is 30.1 Å². The van der Waals surface area contributed by atoms with Gasteiger partial charge in [0.15, 0.2) is 0 Å². The van der Waals surface area contributed by atoms with E-state index in [9.17, 15) is 0 Å². The van der Waals surface area contributed by atoms with E-state index in [2.05, 4.69) is 42.3 Å². The van der Waals surface area contributed by atoms with Crippen LogP contribution >= 0.6 is 30.1 Å². The molecular formula is C7H5IN2S. The molecule has 1 aromatic rings. The fourth-order valence-corrected chi connectivity index (χ4v) is 1.03. The molecule has 0 fully saturated rings. The van der Waals surface area contributed by atoms with Crippen molar-refractivity contribution in [1.29, 1.82) is 0 Å². The highest BCUT2D eigenvalue weighted by atomic mass is 127. The SMILES string of the molecule is Cc1ccnc(C#CSI)n1. The standard InChI is InChI=1S/C7H5IN2S/c1-6-2-4-9-7(10-6)3-5-11-8/h2,4H,1H3. The number of halogens is 1. The van der Waals surface area contributed by atoms with Crippen LogP contribution in [0.3, 0.4) is 0 Å². The van der Waals surface area contributed by atoms with E-state index in [0.717, 1.165) is 5.69 Å². The highest BCUT2D eigenvalue weighted by Crippen LogP contribution is 2.07. The molecule has 0 saturated heterocycles. The molecule has 0 aromatic carbocycles. The van der Waals surface area contributed by atoms with Gasteiger partial charge in [-0.05, 0) is 33.1 Å². The van der Waals surface area contributed by atoms with Crippen molar-refractivity contribution in [2.24, 2.45) is 0 Å². The number of hydrogen-bond donors (Lipinski definition) is 0. The topological polar surface area (TPSA) is 25.8 Å². The first-order valence-corrected chi connectivity index (χ1v) is 6.27. The third kappa shape index (κ3) is 3.08. The van der Waals surface area contributed by atoms with Crippen molar-refractivity contribution in [2.45, 2.75) is 6.92 Å². The second-order valence-corrected chi connectivity index (χ2v) is 3.51. The molecule has 0 saturated carbocycles. The summed E-state index contributed by atoms with van der Waals surface area (Å²) in [5.74, 6) is 3.41. The van der Waals surface area contributed by atoms with Gasteiger partial charge in [0.2, 0.25) is 5.82 Å². The predicted molar refractivity (Wildman–Crippen MR) is 55.3 cm³/mol. The van der Waals surface area contributed by atoms with E-state index >= 15 is 0 Å². The Morgan fingerprint density at radius 2 is 2.45 bits per heavy atom. The number of hydrogen-bond acceptors (Lipinski definition) is 3. The fourth-order valence-electron chi connectivity index (χ4n) is 0.574. The molecule has 0 amide bonds. The Bertz CT molecular complexity index is 303. The third-order valence-corrected chi connectivity index (χ3v) is 1.84. The molecular weight excluding hydrogens is 271 g/mol. The van der Waals surface area contributed by atoms with Gasteiger partial charge in [-0.15, -0.1) is 0 Å². The van der Waals surface area contributed by atoms with E-state index in [0.29, 0.717) is 5.82 Å². The van der Waals surface area contributed by atoms with Crippen LogP contribution in [0.5, 0.6) is 0 Å². The molecule has 1 heterocycles. The summed E-state index contributed by atoms with van der Waals surface area (Å²) in [7, 11) is 1.43. The van der Waals surface area contributed by atoms with E-state index in [1.165, 1.54) is 8.93 Å². The maximum Gasteiger partial charge on any atom is 0.205 e. The second-order valence-electron chi connectivity index (χ2n) is 1.83. The lowest BCUT2D eigenvalue weighted by molar-refractivity contribution is 1.07. The van der Waals surface area contributed by atoms with Gasteiger partial charge in [0.05, 0.1) is 0 Å². The lowest BCUT2D eigenvalue weighted by Crippen LogP contribution is -1.88. The van der Waals surface area contributed by atoms with E-state index < -0.39 is 0 Å². The van der Waals surface area contributed by atoms with Crippen LogP contribution in [0, 0.1) is 18.1 Å². The monoisotopic (exact) mass is 276 g/mol. The van der Waals surface area contributed by atoms with Crippen LogP contribution in [0.4, 0.5) is 0 Å². The Balaban J connectivity index is 2.87. The maximum absolute atomic E-state index is 4.11. The summed E-state index contributed by atoms with van der Waals surface area (Å²) in [5.41, 5.74) is 0.947. The first-order chi connectivity index (χ1) is 5.33. The first-order valence-electron chi connectivity index (χ1n) is 2.91. The van der Waals surface area contributed by atoms with Crippen LogP contribution in [0.1, 0.15) is 11.5 Å². The zero-order valence-corrected chi connectivity index (χ0v) is 8.81. The van der Waals surface area contributed by atoms with Gasteiger partial charge in [-0.25, -0.2) is 9.97 Å². The van der Waals surface area contributed by atoms with Gasteiger partial charge >= 0.3 is 0 Å². The lowest BCUT2D eigenvalue weighted by atomic mass is 10.4. The van der Waals surface area contributed by atoms with Gasteiger partial charge < -0.3 is 0 Å². The molecule has 0 spiro atoms. The molecule has 4 heteroatoms. The second kappa shape index (κ2) is 4.57. The first kappa shape index (κ1) is 8.81. The Morgan fingerprint density at radius 3 is 3.09 bits per heavy atom. The van der Waals surface area contributed by atoms with Gasteiger partial charge in [-0.3, -0.25) is 0 Å². The van der Waals surface area contributed by atoms with Crippen LogP contribution in [-0.2, 0) is 0 Å². The van der Waals surface area contributed by atoms with Crippen LogP contribution in [0.25, 0.3) is 0 Å². The van der Waals surface area contributed by atoms with Crippen molar-refractivity contribution < 1.29 is 0 Å². The highest BCUT2D eigenvalue weighted by Gasteiger charge is 1.88. The minimum absolute atomic E-state index is 0.592. The van der Waals surface area contributed by atoms with Crippen LogP contribution in [0.15, 0.2) is 12.3 Å². The Hall–Kier alpha value is -0.280. The molecule has 0 aliphatic rings. The molecule has 1 aromatic heterocycles. The summed E-state index contributed by atoms with van der Waals surface area (Å²) in [6.07, 6.45) is 1.71. The predicted octanol–water partition coefficient (Wildman–Crippen LogP) is 2.18. The Labute approximate surface area is 81.8 Å². The largest absolute Gasteiger partial charge is 0.229 e. The van der Waals surface area contributed by atoms with Crippen molar-refractivity contribution in [2.75, 3.05) is 0 Å². The molecule has 0 bridgehead atoms. The summed E-state index contributed by atoms with van der Waals surface area (Å²) in [5, 5.41) is 2.82. The van der Waals surface area contributed by atoms with Crippen LogP contribution in [-0.4, -0.2) is 9.97 Å². The Morgan fingerprint density at radius 1 is 1.64 bits per heavy atom. The zero-order chi connectivity index (χ0) is 8.10. The van der Waals surface area contributed by atoms with Crippen LogP contribution in [0.2, 0.25) is 0 Å². The zero-order valence-electron chi connectivity index (χ0n) is 5.84. The highest BCUT2D eigenvalue weighted by molar-refractivity contribution is 14.2. The normalized spacial score (nSPS) is 8.55. The van der Waals surface area contributed by atoms with Gasteiger partial charge in [0.25, 0.3) is 0 Å². The average Bonchev–Trinajstić information content (AvgIpc) is 2.01. The fraction of sp³-hybridized carbons (Fsp3) is 0.143. The summed E-state index contributed by atoms with van der Waals surface area (Å²) >= 11 is 2.11. The molecule has 0 aliphatic carbocycles. The van der Waals surface area contributed by atoms with Gasteiger partial charge in [-0.1, -0.05) is 0 Å². The van der Waals surface area contributed by atoms with E-state index in [4.69, 9.17) is 0 Å². The summed E-state index contributed by atoms with van der Waals surface area (Å²) < 4.78 is 0. The number of nitrogens with zero attached hydrogens (tertiary/aromatic N) is 2. The molecule has 0 N–H and O–H groups in total. The maximum atomic E-state index is 4.11. The van der Waals surface area contributed by atoms with Crippen molar-refractivity contribution in [3.05, 3.63) is 23.8 Å². The molecule has 1 rings (SSSR count). The van der Waals surface area contributed by atoms with Gasteiger partial charge in [-0.2, -0.15) is 0 Å². The molecule has 0 unspecified atom stereocenters. The minimum Gasteiger partial charge on any atom is -0.229 e. The van der Waals surface area contributed by atoms with E-state index in [1.807, 2.05) is 13.0 Å². The van der Waals surface area contributed by atoms with Gasteiger partial charge in [0.1, 0.15) is 0 Å². The Kier molecular flexibility index (Phi) is 3.66. The molecule has 2 nitrogen and oxygen atoms in total. The molecule has 0 radical (unpaired) electrons. The van der Waals surface area contributed by atoms with Crippen molar-refractivity contribution in [1.82, 2.24) is 9.97 Å². The quantitative estimate of drug-likeness (QED) is 0.536. The van der Waals surface area contributed by atoms with Crippen molar-refractivity contribution in [3.8, 4) is 11.2 Å². The smallest absolute Gasteiger partial charge is 0.205 e. The average molecular weight is 276 g/mol. The summed E-state index contributed by atoms with van der Waals surface area (Å²) in [6.45, 7) is 1.92. The number of aromatic nitrogens is 2. The van der Waals surface area contributed by atoms with E-state index in [-0.39, 0.29) is 0 Å². The van der Waals surface area contributed by atoms with Crippen LogP contribution < -0.4 is 0 Å². The summed E-state index contributed by atoms with van der Waals surface area (Å²) in [6, 6.07) is 1.85. The molecule has 56 valence electrons. The minimum atomic E-state index is 0.592. The van der Waals surface area contributed by atoms with E-state index in [1.54, 1.807) is 6.20 Å². The molecule has 0 aliphatic heterocycles.